The van der Waals surface area contributed by atoms with Crippen molar-refractivity contribution in [3.05, 3.63) is 72.9 Å². The summed E-state index contributed by atoms with van der Waals surface area (Å²) in [5, 5.41) is 10.1. The molecule has 0 amide bonds. The van der Waals surface area contributed by atoms with Gasteiger partial charge in [0.1, 0.15) is 0 Å². The van der Waals surface area contributed by atoms with Crippen LogP contribution >= 0.6 is 0 Å². The molecule has 36 heavy (non-hydrogen) atoms. The third-order valence-electron chi connectivity index (χ3n) is 5.91. The van der Waals surface area contributed by atoms with Gasteiger partial charge < -0.3 is 9.84 Å². The van der Waals surface area contributed by atoms with Crippen molar-refractivity contribution in [2.75, 3.05) is 7.11 Å². The Morgan fingerprint density at radius 2 is 1.03 bits per heavy atom. The van der Waals surface area contributed by atoms with E-state index in [1.165, 1.54) is 32.8 Å². The predicted molar refractivity (Wildman–Crippen MR) is 157 cm³/mol. The third kappa shape index (κ3) is 28.1. The molecular weight excluding hydrogens is 444 g/mol. The highest BCUT2D eigenvalue weighted by Gasteiger charge is 2.03. The second-order valence-corrected chi connectivity index (χ2v) is 9.24. The Kier molecular flexibility index (Phi) is 27.4. The smallest absolute Gasteiger partial charge is 0.305 e. The lowest BCUT2D eigenvalue weighted by molar-refractivity contribution is -0.140. The molecule has 0 saturated carbocycles. The van der Waals surface area contributed by atoms with Gasteiger partial charge in [0.05, 0.1) is 13.2 Å². The minimum Gasteiger partial charge on any atom is -0.469 e. The van der Waals surface area contributed by atoms with Gasteiger partial charge in [-0.25, -0.2) is 0 Å². The number of rotatable bonds is 24. The van der Waals surface area contributed by atoms with E-state index in [0.29, 0.717) is 6.42 Å². The monoisotopic (exact) mass is 498 g/mol. The standard InChI is InChI=1S/C33H54O3/c1-3-4-5-6-7-8-9-10-11-12-13-14-15-16-17-18-20-23-26-29-32(34)30-27-24-21-19-22-25-28-31-33(35)36-2/h4-5,7-8,10-11,13-14,16-17,20,23,32,34H,3,6,9,12,15,18-19,21-22,24-31H2,1-2H3/b5-4-,8-7-,11-10-,14-13-,17-16-,23-20-. The molecule has 0 saturated heterocycles. The number of hydrogen-bond donors (Lipinski definition) is 1. The first-order chi connectivity index (χ1) is 17.7. The summed E-state index contributed by atoms with van der Waals surface area (Å²) in [4.78, 5) is 11.0. The molecule has 0 radical (unpaired) electrons. The Labute approximate surface area is 222 Å². The number of unbranched alkanes of at least 4 members (excludes halogenated alkanes) is 6. The van der Waals surface area contributed by atoms with Gasteiger partial charge >= 0.3 is 5.97 Å². The molecule has 0 aliphatic heterocycles. The number of ether oxygens (including phenoxy) is 1. The minimum atomic E-state index is -0.177. The van der Waals surface area contributed by atoms with Crippen molar-refractivity contribution in [3.8, 4) is 0 Å². The predicted octanol–water partition coefficient (Wildman–Crippen LogP) is 9.51. The van der Waals surface area contributed by atoms with E-state index in [4.69, 9.17) is 0 Å². The van der Waals surface area contributed by atoms with Gasteiger partial charge in [0.25, 0.3) is 0 Å². The lowest BCUT2D eigenvalue weighted by Gasteiger charge is -2.08. The largest absolute Gasteiger partial charge is 0.469 e. The maximum Gasteiger partial charge on any atom is 0.305 e. The van der Waals surface area contributed by atoms with Crippen LogP contribution in [0, 0.1) is 0 Å². The van der Waals surface area contributed by atoms with Crippen molar-refractivity contribution < 1.29 is 14.6 Å². The van der Waals surface area contributed by atoms with E-state index in [1.807, 2.05) is 0 Å². The fourth-order valence-electron chi connectivity index (χ4n) is 3.71. The average molecular weight is 499 g/mol. The van der Waals surface area contributed by atoms with Crippen LogP contribution in [0.15, 0.2) is 72.9 Å². The van der Waals surface area contributed by atoms with E-state index in [2.05, 4.69) is 84.6 Å². The molecule has 0 aromatic rings. The maximum absolute atomic E-state index is 11.0. The zero-order valence-electron chi connectivity index (χ0n) is 23.3. The third-order valence-corrected chi connectivity index (χ3v) is 5.91. The normalized spacial score (nSPS) is 13.5. The summed E-state index contributed by atoms with van der Waals surface area (Å²) in [6.45, 7) is 2.16. The number of carbonyl (C=O) groups is 1. The number of carbonyl (C=O) groups excluding carboxylic acids is 1. The van der Waals surface area contributed by atoms with Crippen molar-refractivity contribution in [1.29, 1.82) is 0 Å². The van der Waals surface area contributed by atoms with E-state index in [-0.39, 0.29) is 12.1 Å². The van der Waals surface area contributed by atoms with Crippen LogP contribution in [0.3, 0.4) is 0 Å². The van der Waals surface area contributed by atoms with Gasteiger partial charge in [-0.2, -0.15) is 0 Å². The Morgan fingerprint density at radius 3 is 1.50 bits per heavy atom. The number of aliphatic hydroxyl groups excluding tert-OH is 1. The van der Waals surface area contributed by atoms with Crippen molar-refractivity contribution in [2.24, 2.45) is 0 Å². The first-order valence-corrected chi connectivity index (χ1v) is 14.4. The molecule has 0 heterocycles. The van der Waals surface area contributed by atoms with Crippen molar-refractivity contribution in [3.63, 3.8) is 0 Å². The molecule has 0 fully saturated rings. The molecule has 204 valence electrons. The SMILES string of the molecule is CC/C=C\C/C=C\C/C=C\C/C=C\C/C=C\C/C=C\CCC(O)CCCCCCCCCC(=O)OC. The van der Waals surface area contributed by atoms with Crippen LogP contribution in [0.1, 0.15) is 116 Å². The molecule has 0 bridgehead atoms. The first-order valence-electron chi connectivity index (χ1n) is 14.4. The number of aliphatic hydroxyl groups is 1. The van der Waals surface area contributed by atoms with Gasteiger partial charge in [0.15, 0.2) is 0 Å². The first kappa shape index (κ1) is 33.9. The highest BCUT2D eigenvalue weighted by atomic mass is 16.5. The Morgan fingerprint density at radius 1 is 0.611 bits per heavy atom. The topological polar surface area (TPSA) is 46.5 Å². The lowest BCUT2D eigenvalue weighted by Crippen LogP contribution is -2.05. The summed E-state index contributed by atoms with van der Waals surface area (Å²) in [7, 11) is 1.45. The summed E-state index contributed by atoms with van der Waals surface area (Å²) in [6, 6.07) is 0. The molecule has 0 aliphatic rings. The second kappa shape index (κ2) is 29.1. The molecule has 0 spiro atoms. The van der Waals surface area contributed by atoms with Crippen molar-refractivity contribution in [1.82, 2.24) is 0 Å². The molecule has 1 N–H and O–H groups in total. The van der Waals surface area contributed by atoms with E-state index in [0.717, 1.165) is 77.0 Å². The van der Waals surface area contributed by atoms with Crippen molar-refractivity contribution >= 4 is 5.97 Å². The molecule has 0 aromatic carbocycles. The van der Waals surface area contributed by atoms with E-state index in [1.54, 1.807) is 0 Å². The lowest BCUT2D eigenvalue weighted by atomic mass is 10.0. The molecule has 0 rings (SSSR count). The molecule has 0 aromatic heterocycles. The number of allylic oxidation sites excluding steroid dienone is 12. The highest BCUT2D eigenvalue weighted by Crippen LogP contribution is 2.13. The van der Waals surface area contributed by atoms with Gasteiger partial charge in [-0.1, -0.05) is 118 Å². The van der Waals surface area contributed by atoms with Crippen LogP contribution in [0.2, 0.25) is 0 Å². The molecular formula is C33H54O3. The molecule has 3 nitrogen and oxygen atoms in total. The van der Waals surface area contributed by atoms with Gasteiger partial charge in [0.2, 0.25) is 0 Å². The van der Waals surface area contributed by atoms with Crippen LogP contribution in [0.5, 0.6) is 0 Å². The Balaban J connectivity index is 3.49. The fourth-order valence-corrected chi connectivity index (χ4v) is 3.71. The maximum atomic E-state index is 11.0. The zero-order valence-corrected chi connectivity index (χ0v) is 23.3. The van der Waals surface area contributed by atoms with Gasteiger partial charge in [-0.05, 0) is 64.2 Å². The Bertz CT molecular complexity index is 652. The minimum absolute atomic E-state index is 0.104. The van der Waals surface area contributed by atoms with Crippen LogP contribution in [-0.4, -0.2) is 24.3 Å². The van der Waals surface area contributed by atoms with Crippen LogP contribution in [-0.2, 0) is 9.53 Å². The van der Waals surface area contributed by atoms with Gasteiger partial charge in [0, 0.05) is 6.42 Å². The number of esters is 1. The number of methoxy groups -OCH3 is 1. The average Bonchev–Trinajstić information content (AvgIpc) is 2.88. The van der Waals surface area contributed by atoms with E-state index < -0.39 is 0 Å². The van der Waals surface area contributed by atoms with Crippen LogP contribution < -0.4 is 0 Å². The summed E-state index contributed by atoms with van der Waals surface area (Å²) in [5.74, 6) is -0.104. The van der Waals surface area contributed by atoms with Gasteiger partial charge in [-0.15, -0.1) is 0 Å². The van der Waals surface area contributed by atoms with Crippen LogP contribution in [0.4, 0.5) is 0 Å². The zero-order chi connectivity index (χ0) is 26.4. The molecule has 1 atom stereocenters. The molecule has 3 heteroatoms. The van der Waals surface area contributed by atoms with E-state index >= 15 is 0 Å². The number of hydrogen-bond acceptors (Lipinski definition) is 3. The van der Waals surface area contributed by atoms with Crippen LogP contribution in [0.25, 0.3) is 0 Å². The summed E-state index contributed by atoms with van der Waals surface area (Å²) >= 11 is 0. The quantitative estimate of drug-likeness (QED) is 0.0818. The summed E-state index contributed by atoms with van der Waals surface area (Å²) in [5.41, 5.74) is 0. The van der Waals surface area contributed by atoms with Crippen molar-refractivity contribution in [2.45, 2.75) is 122 Å². The summed E-state index contributed by atoms with van der Waals surface area (Å²) in [6.07, 6.45) is 43.7. The second-order valence-electron chi connectivity index (χ2n) is 9.24. The summed E-state index contributed by atoms with van der Waals surface area (Å²) < 4.78 is 4.65. The highest BCUT2D eigenvalue weighted by molar-refractivity contribution is 5.68. The molecule has 1 unspecified atom stereocenters. The fraction of sp³-hybridized carbons (Fsp3) is 0.606. The van der Waals surface area contributed by atoms with Gasteiger partial charge in [-0.3, -0.25) is 4.79 Å². The Hall–Kier alpha value is -2.13. The van der Waals surface area contributed by atoms with E-state index in [9.17, 15) is 9.90 Å². The molecule has 0 aliphatic carbocycles.